The molecule has 0 bridgehead atoms. The molecule has 0 atom stereocenters. The van der Waals surface area contributed by atoms with Gasteiger partial charge in [0, 0.05) is 5.56 Å². The fourth-order valence-corrected chi connectivity index (χ4v) is 1.24. The van der Waals surface area contributed by atoms with Crippen LogP contribution in [0.1, 0.15) is 11.1 Å². The maximum Gasteiger partial charge on any atom is 0.387 e. The fourth-order valence-electron chi connectivity index (χ4n) is 1.24. The van der Waals surface area contributed by atoms with Gasteiger partial charge in [-0.15, -0.1) is 0 Å². The third-order valence-corrected chi connectivity index (χ3v) is 1.91. The third kappa shape index (κ3) is 2.61. The average Bonchev–Trinajstić information content (AvgIpc) is 2.08. The Bertz CT molecular complexity index is 393. The van der Waals surface area contributed by atoms with Crippen LogP contribution in [0.4, 0.5) is 14.5 Å². The first kappa shape index (κ1) is 11.4. The van der Waals surface area contributed by atoms with E-state index in [-0.39, 0.29) is 11.4 Å². The molecule has 0 aliphatic carbocycles. The second-order valence-electron chi connectivity index (χ2n) is 3.04. The molecule has 0 aliphatic heterocycles. The summed E-state index contributed by atoms with van der Waals surface area (Å²) in [5.74, 6) is -0.165. The molecule has 0 N–H and O–H groups in total. The van der Waals surface area contributed by atoms with Crippen molar-refractivity contribution in [2.24, 2.45) is 0 Å². The molecule has 0 aliphatic rings. The Kier molecular flexibility index (Phi) is 3.18. The zero-order valence-corrected chi connectivity index (χ0v) is 8.16. The highest BCUT2D eigenvalue weighted by Gasteiger charge is 2.16. The molecule has 15 heavy (non-hydrogen) atoms. The van der Waals surface area contributed by atoms with Crippen LogP contribution in [-0.2, 0) is 0 Å². The summed E-state index contributed by atoms with van der Waals surface area (Å²) in [6.45, 7) is 0.108. The number of rotatable bonds is 3. The Morgan fingerprint density at radius 2 is 1.93 bits per heavy atom. The lowest BCUT2D eigenvalue weighted by Crippen LogP contribution is -2.04. The van der Waals surface area contributed by atoms with Crippen molar-refractivity contribution >= 4 is 5.69 Å². The molecule has 0 amide bonds. The maximum atomic E-state index is 11.9. The second kappa shape index (κ2) is 4.20. The van der Waals surface area contributed by atoms with Gasteiger partial charge in [0.2, 0.25) is 0 Å². The summed E-state index contributed by atoms with van der Waals surface area (Å²) in [6.07, 6.45) is 0. The molecule has 4 nitrogen and oxygen atoms in total. The van der Waals surface area contributed by atoms with Crippen molar-refractivity contribution in [1.29, 1.82) is 0 Å². The average molecular weight is 217 g/mol. The first-order valence-electron chi connectivity index (χ1n) is 4.12. The molecule has 1 aromatic carbocycles. The van der Waals surface area contributed by atoms with Crippen LogP contribution < -0.4 is 4.74 Å². The van der Waals surface area contributed by atoms with E-state index in [0.29, 0.717) is 11.1 Å². The minimum atomic E-state index is -2.98. The van der Waals surface area contributed by atoms with Crippen LogP contribution in [-0.4, -0.2) is 11.5 Å². The predicted octanol–water partition coefficient (Wildman–Crippen LogP) is 2.81. The summed E-state index contributed by atoms with van der Waals surface area (Å²) >= 11 is 0. The summed E-state index contributed by atoms with van der Waals surface area (Å²) in [5, 5.41) is 10.5. The van der Waals surface area contributed by atoms with E-state index in [2.05, 4.69) is 4.74 Å². The van der Waals surface area contributed by atoms with E-state index < -0.39 is 11.5 Å². The highest BCUT2D eigenvalue weighted by molar-refractivity contribution is 5.49. The molecule has 6 heteroatoms. The van der Waals surface area contributed by atoms with Gasteiger partial charge in [-0.3, -0.25) is 10.1 Å². The lowest BCUT2D eigenvalue weighted by molar-refractivity contribution is -0.385. The molecule has 0 saturated carbocycles. The minimum absolute atomic E-state index is 0.165. The van der Waals surface area contributed by atoms with Gasteiger partial charge in [0.15, 0.2) is 0 Å². The molecule has 1 rings (SSSR count). The Morgan fingerprint density at radius 3 is 2.40 bits per heavy atom. The minimum Gasteiger partial charge on any atom is -0.434 e. The lowest BCUT2D eigenvalue weighted by atomic mass is 10.1. The zero-order chi connectivity index (χ0) is 11.6. The van der Waals surface area contributed by atoms with E-state index in [1.165, 1.54) is 13.0 Å². The maximum absolute atomic E-state index is 11.9. The topological polar surface area (TPSA) is 52.4 Å². The van der Waals surface area contributed by atoms with E-state index >= 15 is 0 Å². The molecular formula is C9H9F2NO3. The van der Waals surface area contributed by atoms with Crippen LogP contribution in [0, 0.1) is 24.0 Å². The molecule has 0 radical (unpaired) electrons. The number of aryl methyl sites for hydroxylation is 2. The number of nitro groups is 1. The molecule has 0 heterocycles. The second-order valence-corrected chi connectivity index (χ2v) is 3.04. The van der Waals surface area contributed by atoms with Gasteiger partial charge in [0.05, 0.1) is 11.0 Å². The quantitative estimate of drug-likeness (QED) is 0.577. The number of nitrogens with zero attached hydrogens (tertiary/aromatic N) is 1. The van der Waals surface area contributed by atoms with Crippen LogP contribution >= 0.6 is 0 Å². The number of benzene rings is 1. The van der Waals surface area contributed by atoms with E-state index in [4.69, 9.17) is 0 Å². The van der Waals surface area contributed by atoms with E-state index in [9.17, 15) is 18.9 Å². The van der Waals surface area contributed by atoms with Gasteiger partial charge in [0.1, 0.15) is 5.75 Å². The van der Waals surface area contributed by atoms with Gasteiger partial charge < -0.3 is 4.74 Å². The van der Waals surface area contributed by atoms with E-state index in [1.807, 2.05) is 0 Å². The molecule has 0 spiro atoms. The lowest BCUT2D eigenvalue weighted by Gasteiger charge is -2.08. The van der Waals surface area contributed by atoms with Gasteiger partial charge in [-0.05, 0) is 25.5 Å². The Labute approximate surface area is 84.6 Å². The number of ether oxygens (including phenoxy) is 1. The van der Waals surface area contributed by atoms with Crippen molar-refractivity contribution in [2.75, 3.05) is 0 Å². The molecular weight excluding hydrogens is 208 g/mol. The Balaban J connectivity index is 3.17. The first-order valence-corrected chi connectivity index (χ1v) is 4.12. The first-order chi connectivity index (χ1) is 6.91. The normalized spacial score (nSPS) is 10.5. The van der Waals surface area contributed by atoms with Crippen molar-refractivity contribution in [2.45, 2.75) is 20.5 Å². The van der Waals surface area contributed by atoms with Gasteiger partial charge in [0.25, 0.3) is 5.69 Å². The van der Waals surface area contributed by atoms with E-state index in [0.717, 1.165) is 6.07 Å². The summed E-state index contributed by atoms with van der Waals surface area (Å²) in [6, 6.07) is 2.45. The van der Waals surface area contributed by atoms with E-state index in [1.54, 1.807) is 6.92 Å². The Hall–Kier alpha value is -1.72. The van der Waals surface area contributed by atoms with Gasteiger partial charge in [-0.2, -0.15) is 8.78 Å². The fraction of sp³-hybridized carbons (Fsp3) is 0.333. The highest BCUT2D eigenvalue weighted by atomic mass is 19.3. The third-order valence-electron chi connectivity index (χ3n) is 1.91. The number of halogens is 2. The molecule has 0 aromatic heterocycles. The Morgan fingerprint density at radius 1 is 1.33 bits per heavy atom. The SMILES string of the molecule is Cc1cc(C)c([N+](=O)[O-])cc1OC(F)F. The zero-order valence-electron chi connectivity index (χ0n) is 8.16. The van der Waals surface area contributed by atoms with Crippen molar-refractivity contribution in [3.8, 4) is 5.75 Å². The smallest absolute Gasteiger partial charge is 0.387 e. The molecule has 0 saturated heterocycles. The summed E-state index contributed by atoms with van der Waals surface area (Å²) in [5.41, 5.74) is 0.633. The van der Waals surface area contributed by atoms with Gasteiger partial charge in [-0.25, -0.2) is 0 Å². The standard InChI is InChI=1S/C9H9F2NO3/c1-5-3-6(2)8(15-9(10)11)4-7(5)12(13)14/h3-4,9H,1-2H3. The van der Waals surface area contributed by atoms with Crippen molar-refractivity contribution in [3.63, 3.8) is 0 Å². The monoisotopic (exact) mass is 217 g/mol. The molecule has 82 valence electrons. The summed E-state index contributed by atoms with van der Waals surface area (Å²) in [7, 11) is 0. The van der Waals surface area contributed by atoms with Crippen molar-refractivity contribution < 1.29 is 18.4 Å². The van der Waals surface area contributed by atoms with Crippen LogP contribution in [0.3, 0.4) is 0 Å². The largest absolute Gasteiger partial charge is 0.434 e. The summed E-state index contributed by atoms with van der Waals surface area (Å²) in [4.78, 5) is 9.90. The van der Waals surface area contributed by atoms with Crippen molar-refractivity contribution in [1.82, 2.24) is 0 Å². The number of hydrogen-bond acceptors (Lipinski definition) is 3. The molecule has 0 unspecified atom stereocenters. The van der Waals surface area contributed by atoms with Crippen LogP contribution in [0.2, 0.25) is 0 Å². The molecule has 1 aromatic rings. The number of nitro benzene ring substituents is 1. The van der Waals surface area contributed by atoms with Crippen LogP contribution in [0.15, 0.2) is 12.1 Å². The van der Waals surface area contributed by atoms with Crippen molar-refractivity contribution in [3.05, 3.63) is 33.4 Å². The van der Waals surface area contributed by atoms with Gasteiger partial charge >= 0.3 is 6.61 Å². The summed E-state index contributed by atoms with van der Waals surface area (Å²) < 4.78 is 28.0. The van der Waals surface area contributed by atoms with Gasteiger partial charge in [-0.1, -0.05) is 0 Å². The van der Waals surface area contributed by atoms with Crippen LogP contribution in [0.25, 0.3) is 0 Å². The highest BCUT2D eigenvalue weighted by Crippen LogP contribution is 2.28. The number of hydrogen-bond donors (Lipinski definition) is 0. The predicted molar refractivity (Wildman–Crippen MR) is 49.2 cm³/mol. The number of alkyl halides is 2. The molecule has 0 fully saturated rings. The van der Waals surface area contributed by atoms with Crippen LogP contribution in [0.5, 0.6) is 5.75 Å².